The minimum atomic E-state index is -0.123. The number of fused-ring (bicyclic) bond motifs is 2. The minimum absolute atomic E-state index is 0.123. The minimum Gasteiger partial charge on any atom is -0.296 e. The Labute approximate surface area is 127 Å². The van der Waals surface area contributed by atoms with E-state index in [4.69, 9.17) is 0 Å². The van der Waals surface area contributed by atoms with Crippen LogP contribution in [0.1, 0.15) is 58.0 Å². The van der Waals surface area contributed by atoms with Gasteiger partial charge in [-0.15, -0.1) is 11.3 Å². The summed E-state index contributed by atoms with van der Waals surface area (Å²) < 4.78 is 0. The topological polar surface area (TPSA) is 70.7 Å². The first-order valence-corrected chi connectivity index (χ1v) is 8.49. The Morgan fingerprint density at radius 3 is 2.90 bits per heavy atom. The molecule has 2 aromatic rings. The summed E-state index contributed by atoms with van der Waals surface area (Å²) in [7, 11) is 0. The third-order valence-electron chi connectivity index (χ3n) is 4.34. The molecule has 2 aliphatic rings. The number of hydrogen-bond acceptors (Lipinski definition) is 4. The summed E-state index contributed by atoms with van der Waals surface area (Å²) in [5, 5.41) is 10.9. The number of H-pyrrole nitrogens is 1. The Morgan fingerprint density at radius 1 is 1.10 bits per heavy atom. The van der Waals surface area contributed by atoms with Gasteiger partial charge in [0.2, 0.25) is 0 Å². The van der Waals surface area contributed by atoms with E-state index in [0.29, 0.717) is 5.69 Å². The van der Waals surface area contributed by atoms with Crippen LogP contribution in [0.2, 0.25) is 0 Å². The average Bonchev–Trinajstić information content (AvgIpc) is 3.10. The maximum Gasteiger partial charge on any atom is 0.278 e. The first kappa shape index (κ1) is 13.0. The van der Waals surface area contributed by atoms with E-state index in [1.807, 2.05) is 0 Å². The molecule has 2 aromatic heterocycles. The van der Waals surface area contributed by atoms with Gasteiger partial charge in [-0.3, -0.25) is 15.2 Å². The highest BCUT2D eigenvalue weighted by Crippen LogP contribution is 2.31. The lowest BCUT2D eigenvalue weighted by Crippen LogP contribution is -2.14. The van der Waals surface area contributed by atoms with Crippen LogP contribution < -0.4 is 5.32 Å². The molecule has 2 N–H and O–H groups in total. The number of carbonyl (C=O) groups excluding carboxylic acids is 1. The largest absolute Gasteiger partial charge is 0.296 e. The molecule has 2 aliphatic carbocycles. The number of aryl methyl sites for hydroxylation is 3. The van der Waals surface area contributed by atoms with Gasteiger partial charge >= 0.3 is 0 Å². The fraction of sp³-hybridized carbons (Fsp3) is 0.533. The molecule has 0 saturated carbocycles. The number of hydrogen-bond donors (Lipinski definition) is 2. The van der Waals surface area contributed by atoms with Crippen molar-refractivity contribution in [3.05, 3.63) is 27.5 Å². The first-order valence-electron chi connectivity index (χ1n) is 7.67. The molecular weight excluding hydrogens is 284 g/mol. The third kappa shape index (κ3) is 2.37. The number of aromatic nitrogens is 3. The maximum absolute atomic E-state index is 12.5. The van der Waals surface area contributed by atoms with Gasteiger partial charge in [-0.2, -0.15) is 5.10 Å². The van der Waals surface area contributed by atoms with Gasteiger partial charge in [0.25, 0.3) is 5.91 Å². The molecule has 0 bridgehead atoms. The average molecular weight is 302 g/mol. The number of carbonyl (C=O) groups is 1. The van der Waals surface area contributed by atoms with E-state index in [2.05, 4.69) is 20.5 Å². The lowest BCUT2D eigenvalue weighted by atomic mass is 10.1. The number of amides is 1. The molecule has 0 fully saturated rings. The second-order valence-corrected chi connectivity index (χ2v) is 6.87. The van der Waals surface area contributed by atoms with Crippen LogP contribution >= 0.6 is 11.3 Å². The molecule has 1 amide bonds. The summed E-state index contributed by atoms with van der Waals surface area (Å²) in [5.74, 6) is -0.123. The molecular formula is C15H18N4OS. The number of nitrogens with zero attached hydrogens (tertiary/aromatic N) is 2. The molecule has 110 valence electrons. The predicted molar refractivity (Wildman–Crippen MR) is 81.9 cm³/mol. The van der Waals surface area contributed by atoms with Crippen molar-refractivity contribution in [3.63, 3.8) is 0 Å². The molecule has 5 nitrogen and oxygen atoms in total. The lowest BCUT2D eigenvalue weighted by Gasteiger charge is -2.02. The van der Waals surface area contributed by atoms with Gasteiger partial charge in [0, 0.05) is 16.1 Å². The first-order chi connectivity index (χ1) is 10.3. The second kappa shape index (κ2) is 5.26. The smallest absolute Gasteiger partial charge is 0.278 e. The Bertz CT molecular complexity index is 666. The van der Waals surface area contributed by atoms with E-state index < -0.39 is 0 Å². The van der Waals surface area contributed by atoms with Crippen LogP contribution in [-0.4, -0.2) is 21.1 Å². The summed E-state index contributed by atoms with van der Waals surface area (Å²) in [4.78, 5) is 18.3. The Morgan fingerprint density at radius 2 is 2.00 bits per heavy atom. The number of aromatic amines is 1. The monoisotopic (exact) mass is 302 g/mol. The molecule has 0 radical (unpaired) electrons. The van der Waals surface area contributed by atoms with E-state index in [9.17, 15) is 4.79 Å². The maximum atomic E-state index is 12.5. The van der Waals surface area contributed by atoms with Gasteiger partial charge in [0.15, 0.2) is 10.8 Å². The number of thiazole rings is 1. The Kier molecular flexibility index (Phi) is 3.25. The van der Waals surface area contributed by atoms with Crippen molar-refractivity contribution in [2.24, 2.45) is 0 Å². The predicted octanol–water partition coefficient (Wildman–Crippen LogP) is 2.88. The zero-order valence-corrected chi connectivity index (χ0v) is 12.7. The van der Waals surface area contributed by atoms with Gasteiger partial charge in [-0.05, 0) is 44.9 Å². The number of anilines is 1. The van der Waals surface area contributed by atoms with E-state index in [1.54, 1.807) is 11.3 Å². The molecule has 6 heteroatoms. The van der Waals surface area contributed by atoms with Crippen molar-refractivity contribution >= 4 is 22.4 Å². The third-order valence-corrected chi connectivity index (χ3v) is 5.41. The number of nitrogens with one attached hydrogen (secondary N) is 2. The molecule has 0 unspecified atom stereocenters. The molecule has 0 saturated heterocycles. The molecule has 0 aliphatic heterocycles. The van der Waals surface area contributed by atoms with Crippen molar-refractivity contribution in [2.45, 2.75) is 51.4 Å². The van der Waals surface area contributed by atoms with Crippen LogP contribution in [0.5, 0.6) is 0 Å². The molecule has 4 rings (SSSR count). The van der Waals surface area contributed by atoms with E-state index >= 15 is 0 Å². The van der Waals surface area contributed by atoms with Gasteiger partial charge < -0.3 is 0 Å². The highest BCUT2D eigenvalue weighted by molar-refractivity contribution is 7.15. The SMILES string of the molecule is O=C(Nc1nc2c(s1)CCC2)c1n[nH]c2c1CCCCC2. The summed E-state index contributed by atoms with van der Waals surface area (Å²) in [6.07, 6.45) is 8.82. The Balaban J connectivity index is 1.56. The van der Waals surface area contributed by atoms with Crippen LogP contribution in [0.15, 0.2) is 0 Å². The van der Waals surface area contributed by atoms with Crippen LogP contribution in [0.4, 0.5) is 5.13 Å². The zero-order chi connectivity index (χ0) is 14.2. The molecule has 0 spiro atoms. The Hall–Kier alpha value is -1.69. The van der Waals surface area contributed by atoms with E-state index in [-0.39, 0.29) is 5.91 Å². The summed E-state index contributed by atoms with van der Waals surface area (Å²) in [5.41, 5.74) is 3.96. The lowest BCUT2D eigenvalue weighted by molar-refractivity contribution is 0.102. The second-order valence-electron chi connectivity index (χ2n) is 5.79. The van der Waals surface area contributed by atoms with Crippen molar-refractivity contribution in [1.82, 2.24) is 15.2 Å². The van der Waals surface area contributed by atoms with Crippen LogP contribution in [-0.2, 0) is 25.7 Å². The fourth-order valence-electron chi connectivity index (χ4n) is 3.25. The molecule has 0 atom stereocenters. The highest BCUT2D eigenvalue weighted by atomic mass is 32.1. The molecule has 21 heavy (non-hydrogen) atoms. The van der Waals surface area contributed by atoms with Gasteiger partial charge in [-0.25, -0.2) is 4.98 Å². The quantitative estimate of drug-likeness (QED) is 0.838. The molecule has 0 aromatic carbocycles. The molecule has 2 heterocycles. The van der Waals surface area contributed by atoms with Crippen molar-refractivity contribution in [1.29, 1.82) is 0 Å². The number of rotatable bonds is 2. The van der Waals surface area contributed by atoms with E-state index in [0.717, 1.165) is 54.2 Å². The zero-order valence-electron chi connectivity index (χ0n) is 11.9. The standard InChI is InChI=1S/C15H18N4OS/c20-14(17-15-16-11-7-4-8-12(11)21-15)13-9-5-2-1-3-6-10(9)18-19-13/h1-8H2,(H,18,19)(H,16,17,20). The normalized spacial score (nSPS) is 17.1. The van der Waals surface area contributed by atoms with Gasteiger partial charge in [-0.1, -0.05) is 6.42 Å². The van der Waals surface area contributed by atoms with Gasteiger partial charge in [0.05, 0.1) is 5.69 Å². The highest BCUT2D eigenvalue weighted by Gasteiger charge is 2.23. The van der Waals surface area contributed by atoms with Crippen LogP contribution in [0.25, 0.3) is 0 Å². The van der Waals surface area contributed by atoms with Crippen molar-refractivity contribution in [2.75, 3.05) is 5.32 Å². The summed E-state index contributed by atoms with van der Waals surface area (Å²) >= 11 is 1.61. The van der Waals surface area contributed by atoms with Crippen molar-refractivity contribution < 1.29 is 4.79 Å². The summed E-state index contributed by atoms with van der Waals surface area (Å²) in [6, 6.07) is 0. The van der Waals surface area contributed by atoms with Crippen LogP contribution in [0, 0.1) is 0 Å². The van der Waals surface area contributed by atoms with Gasteiger partial charge in [0.1, 0.15) is 0 Å². The van der Waals surface area contributed by atoms with E-state index in [1.165, 1.54) is 24.1 Å². The fourth-order valence-corrected chi connectivity index (χ4v) is 4.29. The summed E-state index contributed by atoms with van der Waals surface area (Å²) in [6.45, 7) is 0. The van der Waals surface area contributed by atoms with Crippen molar-refractivity contribution in [3.8, 4) is 0 Å². The van der Waals surface area contributed by atoms with Crippen LogP contribution in [0.3, 0.4) is 0 Å².